The predicted octanol–water partition coefficient (Wildman–Crippen LogP) is 2.78. The molecule has 0 fully saturated rings. The Bertz CT molecular complexity index is 421. The minimum atomic E-state index is -4.35. The SMILES string of the molecule is O=C(Cc1ccc(C(F)(F)F)cc1)NCCOCCBr. The highest BCUT2D eigenvalue weighted by Gasteiger charge is 2.29. The Morgan fingerprint density at radius 1 is 1.20 bits per heavy atom. The first-order chi connectivity index (χ1) is 9.43. The van der Waals surface area contributed by atoms with Crippen molar-refractivity contribution >= 4 is 21.8 Å². The van der Waals surface area contributed by atoms with E-state index in [9.17, 15) is 18.0 Å². The second-order valence-corrected chi connectivity index (χ2v) is 4.82. The van der Waals surface area contributed by atoms with Gasteiger partial charge in [-0.05, 0) is 17.7 Å². The molecule has 1 amide bonds. The Kier molecular flexibility index (Phi) is 7.01. The van der Waals surface area contributed by atoms with E-state index in [4.69, 9.17) is 4.74 Å². The zero-order valence-corrected chi connectivity index (χ0v) is 12.3. The van der Waals surface area contributed by atoms with Crippen LogP contribution >= 0.6 is 15.9 Å². The van der Waals surface area contributed by atoms with Gasteiger partial charge < -0.3 is 10.1 Å². The molecule has 0 aliphatic heterocycles. The molecule has 0 unspecified atom stereocenters. The van der Waals surface area contributed by atoms with E-state index in [1.165, 1.54) is 12.1 Å². The Hall–Kier alpha value is -1.08. The van der Waals surface area contributed by atoms with E-state index in [1.807, 2.05) is 0 Å². The molecule has 0 radical (unpaired) electrons. The highest BCUT2D eigenvalue weighted by atomic mass is 79.9. The third kappa shape index (κ3) is 6.38. The first kappa shape index (κ1) is 17.0. The Balaban J connectivity index is 2.35. The normalized spacial score (nSPS) is 11.4. The summed E-state index contributed by atoms with van der Waals surface area (Å²) in [4.78, 5) is 11.5. The van der Waals surface area contributed by atoms with Gasteiger partial charge in [-0.15, -0.1) is 0 Å². The number of hydrogen-bond acceptors (Lipinski definition) is 2. The van der Waals surface area contributed by atoms with Crippen LogP contribution in [-0.4, -0.2) is 31.0 Å². The largest absolute Gasteiger partial charge is 0.416 e. The second-order valence-electron chi connectivity index (χ2n) is 4.02. The molecule has 1 aromatic rings. The number of alkyl halides is 4. The second kappa shape index (κ2) is 8.26. The van der Waals surface area contributed by atoms with Crippen LogP contribution < -0.4 is 5.32 Å². The molecule has 112 valence electrons. The van der Waals surface area contributed by atoms with Crippen LogP contribution in [0.4, 0.5) is 13.2 Å². The minimum Gasteiger partial charge on any atom is -0.379 e. The Morgan fingerprint density at radius 2 is 1.85 bits per heavy atom. The van der Waals surface area contributed by atoms with Crippen molar-refractivity contribution in [2.75, 3.05) is 25.1 Å². The van der Waals surface area contributed by atoms with E-state index >= 15 is 0 Å². The molecule has 1 aromatic carbocycles. The van der Waals surface area contributed by atoms with Gasteiger partial charge in [0.2, 0.25) is 5.91 Å². The lowest BCUT2D eigenvalue weighted by Gasteiger charge is -2.08. The molecule has 0 bridgehead atoms. The van der Waals surface area contributed by atoms with Crippen LogP contribution in [0, 0.1) is 0 Å². The van der Waals surface area contributed by atoms with Gasteiger partial charge in [0.15, 0.2) is 0 Å². The van der Waals surface area contributed by atoms with Crippen molar-refractivity contribution in [3.63, 3.8) is 0 Å². The quantitative estimate of drug-likeness (QED) is 0.604. The van der Waals surface area contributed by atoms with Gasteiger partial charge in [0.1, 0.15) is 0 Å². The number of nitrogens with one attached hydrogen (secondary N) is 1. The molecule has 0 atom stereocenters. The van der Waals surface area contributed by atoms with Gasteiger partial charge in [-0.2, -0.15) is 13.2 Å². The van der Waals surface area contributed by atoms with Crippen molar-refractivity contribution in [3.05, 3.63) is 35.4 Å². The first-order valence-corrected chi connectivity index (χ1v) is 7.12. The van der Waals surface area contributed by atoms with Crippen molar-refractivity contribution in [1.82, 2.24) is 5.32 Å². The summed E-state index contributed by atoms with van der Waals surface area (Å²) < 4.78 is 42.2. The van der Waals surface area contributed by atoms with E-state index in [2.05, 4.69) is 21.2 Å². The Labute approximate surface area is 123 Å². The van der Waals surface area contributed by atoms with Crippen LogP contribution in [0.15, 0.2) is 24.3 Å². The lowest BCUT2D eigenvalue weighted by atomic mass is 10.1. The predicted molar refractivity (Wildman–Crippen MR) is 72.8 cm³/mol. The number of carbonyl (C=O) groups excluding carboxylic acids is 1. The smallest absolute Gasteiger partial charge is 0.379 e. The highest BCUT2D eigenvalue weighted by molar-refractivity contribution is 9.09. The summed E-state index contributed by atoms with van der Waals surface area (Å²) in [6.07, 6.45) is -4.30. The summed E-state index contributed by atoms with van der Waals surface area (Å²) in [7, 11) is 0. The topological polar surface area (TPSA) is 38.3 Å². The van der Waals surface area contributed by atoms with E-state index in [1.54, 1.807) is 0 Å². The molecule has 0 saturated carbocycles. The summed E-state index contributed by atoms with van der Waals surface area (Å²) in [6.45, 7) is 1.35. The van der Waals surface area contributed by atoms with Gasteiger partial charge in [0, 0.05) is 11.9 Å². The zero-order valence-electron chi connectivity index (χ0n) is 10.7. The molecule has 0 spiro atoms. The maximum Gasteiger partial charge on any atom is 0.416 e. The monoisotopic (exact) mass is 353 g/mol. The van der Waals surface area contributed by atoms with Crippen molar-refractivity contribution in [3.8, 4) is 0 Å². The van der Waals surface area contributed by atoms with Gasteiger partial charge in [0.05, 0.1) is 25.2 Å². The van der Waals surface area contributed by atoms with Crippen molar-refractivity contribution in [1.29, 1.82) is 0 Å². The van der Waals surface area contributed by atoms with Gasteiger partial charge >= 0.3 is 6.18 Å². The van der Waals surface area contributed by atoms with Crippen molar-refractivity contribution < 1.29 is 22.7 Å². The number of benzene rings is 1. The summed E-state index contributed by atoms with van der Waals surface area (Å²) in [6, 6.07) is 4.57. The van der Waals surface area contributed by atoms with Gasteiger partial charge in [0.25, 0.3) is 0 Å². The number of carbonyl (C=O) groups is 1. The molecular formula is C13H15BrF3NO2. The average molecular weight is 354 g/mol. The molecule has 0 aliphatic rings. The fraction of sp³-hybridized carbons (Fsp3) is 0.462. The van der Waals surface area contributed by atoms with Gasteiger partial charge in [-0.3, -0.25) is 4.79 Å². The van der Waals surface area contributed by atoms with E-state index < -0.39 is 11.7 Å². The Morgan fingerprint density at radius 3 is 2.40 bits per heavy atom. The average Bonchev–Trinajstić information content (AvgIpc) is 2.38. The highest BCUT2D eigenvalue weighted by Crippen LogP contribution is 2.29. The lowest BCUT2D eigenvalue weighted by Crippen LogP contribution is -2.28. The zero-order chi connectivity index (χ0) is 15.0. The standard InChI is InChI=1S/C13H15BrF3NO2/c14-5-7-20-8-6-18-12(19)9-10-1-3-11(4-2-10)13(15,16)17/h1-4H,5-9H2,(H,18,19). The maximum atomic E-state index is 12.4. The lowest BCUT2D eigenvalue weighted by molar-refractivity contribution is -0.137. The van der Waals surface area contributed by atoms with Crippen LogP contribution in [0.25, 0.3) is 0 Å². The molecule has 0 aromatic heterocycles. The molecule has 0 saturated heterocycles. The van der Waals surface area contributed by atoms with Crippen LogP contribution in [0.2, 0.25) is 0 Å². The first-order valence-electron chi connectivity index (χ1n) is 6.00. The molecule has 20 heavy (non-hydrogen) atoms. The number of halogens is 4. The molecule has 1 N–H and O–H groups in total. The molecule has 0 aliphatic carbocycles. The molecule has 0 heterocycles. The molecule has 7 heteroatoms. The minimum absolute atomic E-state index is 0.0522. The number of amides is 1. The fourth-order valence-electron chi connectivity index (χ4n) is 1.48. The summed E-state index contributed by atoms with van der Waals surface area (Å²) >= 11 is 3.20. The summed E-state index contributed by atoms with van der Waals surface area (Å²) in [5.41, 5.74) is -0.179. The number of rotatable bonds is 7. The van der Waals surface area contributed by atoms with Crippen LogP contribution in [0.3, 0.4) is 0 Å². The molecule has 1 rings (SSSR count). The van der Waals surface area contributed by atoms with Crippen LogP contribution in [0.5, 0.6) is 0 Å². The number of ether oxygens (including phenoxy) is 1. The summed E-state index contributed by atoms with van der Waals surface area (Å²) in [5, 5.41) is 3.36. The number of hydrogen-bond donors (Lipinski definition) is 1. The van der Waals surface area contributed by atoms with Crippen molar-refractivity contribution in [2.45, 2.75) is 12.6 Å². The van der Waals surface area contributed by atoms with Crippen molar-refractivity contribution in [2.24, 2.45) is 0 Å². The van der Waals surface area contributed by atoms with Gasteiger partial charge in [-0.25, -0.2) is 0 Å². The van der Waals surface area contributed by atoms with Crippen LogP contribution in [0.1, 0.15) is 11.1 Å². The maximum absolute atomic E-state index is 12.4. The summed E-state index contributed by atoms with van der Waals surface area (Å²) in [5.74, 6) is -0.243. The molecule has 3 nitrogen and oxygen atoms in total. The van der Waals surface area contributed by atoms with E-state index in [-0.39, 0.29) is 12.3 Å². The third-order valence-electron chi connectivity index (χ3n) is 2.44. The van der Waals surface area contributed by atoms with E-state index in [0.29, 0.717) is 25.3 Å². The fourth-order valence-corrected chi connectivity index (χ4v) is 1.71. The van der Waals surface area contributed by atoms with E-state index in [0.717, 1.165) is 17.5 Å². The third-order valence-corrected chi connectivity index (χ3v) is 2.76. The molecular weight excluding hydrogens is 339 g/mol. The van der Waals surface area contributed by atoms with Crippen LogP contribution in [-0.2, 0) is 22.1 Å². The van der Waals surface area contributed by atoms with Gasteiger partial charge in [-0.1, -0.05) is 28.1 Å².